The summed E-state index contributed by atoms with van der Waals surface area (Å²) in [6, 6.07) is 6.93. The lowest BCUT2D eigenvalue weighted by atomic mass is 9.94. The van der Waals surface area contributed by atoms with E-state index in [2.05, 4.69) is 10.3 Å². The van der Waals surface area contributed by atoms with Crippen LogP contribution >= 0.6 is 11.3 Å². The molecule has 1 aromatic carbocycles. The molecule has 0 spiro atoms. The van der Waals surface area contributed by atoms with E-state index in [0.717, 1.165) is 28.8 Å². The Morgan fingerprint density at radius 2 is 2.03 bits per heavy atom. The highest BCUT2D eigenvalue weighted by Gasteiger charge is 2.43. The second kappa shape index (κ2) is 10.9. The monoisotopic (exact) mass is 542 g/mol. The number of thiazole rings is 1. The molecule has 0 radical (unpaired) electrons. The number of carbonyl (C=O) groups excluding carboxylic acids is 1. The molecule has 1 saturated carbocycles. The van der Waals surface area contributed by atoms with Crippen molar-refractivity contribution >= 4 is 39.3 Å². The average molecular weight is 543 g/mol. The molecule has 13 heteroatoms. The maximum Gasteiger partial charge on any atom is 0.244 e. The number of likely N-dealkylation sites (tertiary alicyclic amines) is 1. The highest BCUT2D eigenvalue weighted by molar-refractivity contribution is 7.18. The van der Waals surface area contributed by atoms with Gasteiger partial charge in [0.1, 0.15) is 22.9 Å². The van der Waals surface area contributed by atoms with Crippen molar-refractivity contribution in [1.29, 1.82) is 0 Å². The predicted molar refractivity (Wildman–Crippen MR) is 145 cm³/mol. The maximum atomic E-state index is 13.5. The number of piperidine rings is 1. The number of allylic oxidation sites excluding steroid dienone is 1. The minimum Gasteiger partial charge on any atom is -0.401 e. The van der Waals surface area contributed by atoms with Crippen molar-refractivity contribution in [2.75, 3.05) is 26.7 Å². The van der Waals surface area contributed by atoms with Gasteiger partial charge in [0.05, 0.1) is 22.4 Å². The molecule has 1 amide bonds. The molecule has 204 valence electrons. The Balaban J connectivity index is 1.45. The van der Waals surface area contributed by atoms with E-state index in [9.17, 15) is 20.1 Å². The summed E-state index contributed by atoms with van der Waals surface area (Å²) in [5, 5.41) is 35.5. The number of nitrogens with one attached hydrogen (secondary N) is 1. The average Bonchev–Trinajstić information content (AvgIpc) is 3.44. The lowest BCUT2D eigenvalue weighted by molar-refractivity contribution is -0.120. The van der Waals surface area contributed by atoms with Crippen LogP contribution in [0.1, 0.15) is 30.2 Å². The fourth-order valence-electron chi connectivity index (χ4n) is 5.33. The van der Waals surface area contributed by atoms with Crippen LogP contribution in [0, 0.1) is 11.8 Å². The molecule has 2 fully saturated rings. The van der Waals surface area contributed by atoms with Crippen molar-refractivity contribution < 1.29 is 20.1 Å². The lowest BCUT2D eigenvalue weighted by Gasteiger charge is -2.36. The number of para-hydroxylation sites is 1. The van der Waals surface area contributed by atoms with Gasteiger partial charge in [-0.2, -0.15) is 4.99 Å². The van der Waals surface area contributed by atoms with Crippen LogP contribution in [-0.4, -0.2) is 92.9 Å². The first kappa shape index (κ1) is 26.5. The van der Waals surface area contributed by atoms with E-state index in [0.29, 0.717) is 24.1 Å². The predicted octanol–water partition coefficient (Wildman–Crippen LogP) is -0.316. The number of hydrazine groups is 1. The van der Waals surface area contributed by atoms with Gasteiger partial charge >= 0.3 is 0 Å². The largest absolute Gasteiger partial charge is 0.401 e. The number of guanidine groups is 1. The van der Waals surface area contributed by atoms with Crippen molar-refractivity contribution in [3.63, 3.8) is 0 Å². The molecule has 1 saturated heterocycles. The number of nitrogens with two attached hydrogens (primary N) is 2. The summed E-state index contributed by atoms with van der Waals surface area (Å²) < 4.78 is 0.942. The molecular formula is C25H34N8O4S. The van der Waals surface area contributed by atoms with E-state index in [1.54, 1.807) is 13.2 Å². The fraction of sp³-hybridized carbons (Fsp3) is 0.520. The smallest absolute Gasteiger partial charge is 0.244 e. The molecule has 1 unspecified atom stereocenters. The molecule has 8 N–H and O–H groups in total. The summed E-state index contributed by atoms with van der Waals surface area (Å²) in [6.45, 7) is 0.994. The molecule has 12 nitrogen and oxygen atoms in total. The van der Waals surface area contributed by atoms with E-state index in [1.165, 1.54) is 16.3 Å². The number of benzene rings is 1. The van der Waals surface area contributed by atoms with Gasteiger partial charge in [-0.1, -0.05) is 12.1 Å². The number of aliphatic imine (C=N–C) groups is 2. The van der Waals surface area contributed by atoms with Crippen LogP contribution in [0.15, 0.2) is 46.1 Å². The normalized spacial score (nSPS) is 30.1. The highest BCUT2D eigenvalue weighted by atomic mass is 32.1. The Bertz CT molecular complexity index is 1240. The van der Waals surface area contributed by atoms with Gasteiger partial charge in [0.2, 0.25) is 11.9 Å². The first-order valence-electron chi connectivity index (χ1n) is 12.7. The third-order valence-electron chi connectivity index (χ3n) is 7.46. The Labute approximate surface area is 224 Å². The van der Waals surface area contributed by atoms with E-state index < -0.39 is 30.1 Å². The molecule has 1 aromatic heterocycles. The van der Waals surface area contributed by atoms with Crippen LogP contribution in [0.3, 0.4) is 0 Å². The quantitative estimate of drug-likeness (QED) is 0.218. The van der Waals surface area contributed by atoms with Gasteiger partial charge in [-0.15, -0.1) is 11.3 Å². The standard InChI is InChI=1S/C25H34N8O4S/c1-32(27)11-15(26)13-6-8-33(9-7-13)25-30-22(28-17-10-14(12-34)20(35)21(17)36)19(23(37)31-25)24-29-16-4-2-3-5-18(16)38-24/h2-5,11,13-14,17,19-21,34-36H,6-10,12,26-27H2,1H3,(H,28,30,31,37)/b15-11-/t14-,17-,19?,20-,21+/m1/s1. The molecule has 2 aromatic rings. The van der Waals surface area contributed by atoms with Crippen molar-refractivity contribution in [2.24, 2.45) is 33.4 Å². The third kappa shape index (κ3) is 5.24. The molecule has 3 heterocycles. The first-order valence-corrected chi connectivity index (χ1v) is 13.6. The number of aliphatic hydroxyl groups is 3. The molecule has 38 heavy (non-hydrogen) atoms. The molecule has 3 aliphatic rings. The zero-order chi connectivity index (χ0) is 27.0. The summed E-state index contributed by atoms with van der Waals surface area (Å²) in [7, 11) is 1.72. The minimum atomic E-state index is -1.16. The minimum absolute atomic E-state index is 0.173. The Morgan fingerprint density at radius 3 is 2.68 bits per heavy atom. The van der Waals surface area contributed by atoms with Gasteiger partial charge in [-0.3, -0.25) is 15.1 Å². The highest BCUT2D eigenvalue weighted by Crippen LogP contribution is 2.34. The van der Waals surface area contributed by atoms with Crippen LogP contribution in [0.25, 0.3) is 10.2 Å². The van der Waals surface area contributed by atoms with Crippen molar-refractivity contribution in [2.45, 2.75) is 43.4 Å². The summed E-state index contributed by atoms with van der Waals surface area (Å²) in [6.07, 6.45) is 1.28. The van der Waals surface area contributed by atoms with Gasteiger partial charge in [0, 0.05) is 50.5 Å². The van der Waals surface area contributed by atoms with Gasteiger partial charge in [-0.25, -0.2) is 10.8 Å². The maximum absolute atomic E-state index is 13.5. The first-order chi connectivity index (χ1) is 18.2. The van der Waals surface area contributed by atoms with Gasteiger partial charge in [-0.05, 0) is 31.4 Å². The molecule has 1 aliphatic carbocycles. The second-order valence-electron chi connectivity index (χ2n) is 10.1. The molecule has 5 atom stereocenters. The molecule has 0 bridgehead atoms. The summed E-state index contributed by atoms with van der Waals surface area (Å²) in [5.41, 5.74) is 7.70. The van der Waals surface area contributed by atoms with E-state index >= 15 is 0 Å². The number of aliphatic hydroxyl groups excluding tert-OH is 3. The van der Waals surface area contributed by atoms with Crippen LogP contribution < -0.4 is 16.9 Å². The fourth-order valence-corrected chi connectivity index (χ4v) is 6.40. The van der Waals surface area contributed by atoms with Gasteiger partial charge in [0.25, 0.3) is 0 Å². The van der Waals surface area contributed by atoms with E-state index in [1.807, 2.05) is 29.2 Å². The Morgan fingerprint density at radius 1 is 1.29 bits per heavy atom. The summed E-state index contributed by atoms with van der Waals surface area (Å²) >= 11 is 1.40. The molecular weight excluding hydrogens is 508 g/mol. The van der Waals surface area contributed by atoms with Gasteiger partial charge in [0.15, 0.2) is 0 Å². The SMILES string of the molecule is CN(N)/C=C(\N)C1CCN(C2=NC(=N[C@@H]3C[C@H](CO)[C@@H](O)[C@H]3O)C(c3nc4ccccc4s3)C(=O)N2)CC1. The van der Waals surface area contributed by atoms with Crippen LogP contribution in [0.4, 0.5) is 0 Å². The number of rotatable bonds is 5. The number of carbonyl (C=O) groups is 1. The van der Waals surface area contributed by atoms with Crippen molar-refractivity contribution in [3.8, 4) is 0 Å². The number of aromatic nitrogens is 1. The van der Waals surface area contributed by atoms with Crippen LogP contribution in [0.5, 0.6) is 0 Å². The van der Waals surface area contributed by atoms with Crippen LogP contribution in [0.2, 0.25) is 0 Å². The van der Waals surface area contributed by atoms with Crippen LogP contribution in [-0.2, 0) is 4.79 Å². The zero-order valence-electron chi connectivity index (χ0n) is 21.1. The Kier molecular flexibility index (Phi) is 7.63. The van der Waals surface area contributed by atoms with Crippen molar-refractivity contribution in [1.82, 2.24) is 20.2 Å². The second-order valence-corrected chi connectivity index (χ2v) is 11.2. The Hall–Kier alpha value is -3.10. The van der Waals surface area contributed by atoms with E-state index in [-0.39, 0.29) is 30.7 Å². The number of hydrogen-bond donors (Lipinski definition) is 6. The lowest BCUT2D eigenvalue weighted by Crippen LogP contribution is -2.53. The third-order valence-corrected chi connectivity index (χ3v) is 8.56. The topological polar surface area (TPSA) is 186 Å². The van der Waals surface area contributed by atoms with Gasteiger partial charge < -0.3 is 31.0 Å². The van der Waals surface area contributed by atoms with E-state index in [4.69, 9.17) is 21.6 Å². The summed E-state index contributed by atoms with van der Waals surface area (Å²) in [5.74, 6) is 4.86. The number of amides is 1. The number of nitrogens with zero attached hydrogens (tertiary/aromatic N) is 5. The van der Waals surface area contributed by atoms with Crippen molar-refractivity contribution in [3.05, 3.63) is 41.2 Å². The molecule has 2 aliphatic heterocycles. The summed E-state index contributed by atoms with van der Waals surface area (Å²) in [4.78, 5) is 29.7. The molecule has 5 rings (SSSR count). The number of fused-ring (bicyclic) bond motifs is 1. The number of amidine groups is 1. The number of hydrogen-bond acceptors (Lipinski definition) is 11. The zero-order valence-corrected chi connectivity index (χ0v) is 22.0.